The van der Waals surface area contributed by atoms with Gasteiger partial charge in [0.25, 0.3) is 0 Å². The van der Waals surface area contributed by atoms with Crippen LogP contribution in [-0.4, -0.2) is 24.2 Å². The zero-order valence-corrected chi connectivity index (χ0v) is 17.4. The van der Waals surface area contributed by atoms with E-state index < -0.39 is 0 Å². The molecule has 0 aliphatic heterocycles. The van der Waals surface area contributed by atoms with Gasteiger partial charge in [-0.3, -0.25) is 0 Å². The summed E-state index contributed by atoms with van der Waals surface area (Å²) in [4.78, 5) is 9.45. The van der Waals surface area contributed by atoms with Gasteiger partial charge in [0.05, 0.1) is 30.1 Å². The maximum absolute atomic E-state index is 5.38. The van der Waals surface area contributed by atoms with Crippen molar-refractivity contribution in [3.05, 3.63) is 60.0 Å². The highest BCUT2D eigenvalue weighted by Crippen LogP contribution is 2.38. The molecule has 29 heavy (non-hydrogen) atoms. The van der Waals surface area contributed by atoms with Gasteiger partial charge in [0, 0.05) is 23.1 Å². The third kappa shape index (κ3) is 3.28. The van der Waals surface area contributed by atoms with Crippen molar-refractivity contribution in [1.82, 2.24) is 9.97 Å². The highest BCUT2D eigenvalue weighted by molar-refractivity contribution is 7.22. The smallest absolute Gasteiger partial charge is 0.190 e. The first-order valence-electron chi connectivity index (χ1n) is 8.98. The van der Waals surface area contributed by atoms with E-state index in [4.69, 9.17) is 14.5 Å². The van der Waals surface area contributed by atoms with Crippen LogP contribution < -0.4 is 14.8 Å². The molecule has 2 heterocycles. The number of methoxy groups -OCH3 is 2. The Kier molecular flexibility index (Phi) is 4.54. The van der Waals surface area contributed by atoms with Crippen LogP contribution in [0.25, 0.3) is 32.2 Å². The Morgan fingerprint density at radius 2 is 1.66 bits per heavy atom. The number of nitrogens with one attached hydrogen (secondary N) is 1. The van der Waals surface area contributed by atoms with Crippen LogP contribution in [0.5, 0.6) is 11.5 Å². The van der Waals surface area contributed by atoms with Crippen LogP contribution in [0.2, 0.25) is 0 Å². The van der Waals surface area contributed by atoms with Crippen molar-refractivity contribution in [1.29, 1.82) is 0 Å². The first kappa shape index (κ1) is 17.9. The molecule has 0 amide bonds. The quantitative estimate of drug-likeness (QED) is 0.360. The number of anilines is 2. The summed E-state index contributed by atoms with van der Waals surface area (Å²) in [6.45, 7) is 0. The van der Waals surface area contributed by atoms with Crippen molar-refractivity contribution >= 4 is 53.9 Å². The summed E-state index contributed by atoms with van der Waals surface area (Å²) in [6.07, 6.45) is 0. The molecule has 5 rings (SSSR count). The Balaban J connectivity index is 1.47. The molecule has 7 heteroatoms. The van der Waals surface area contributed by atoms with Gasteiger partial charge in [-0.25, -0.2) is 9.97 Å². The molecular formula is C22H17N3O2S2. The first-order chi connectivity index (χ1) is 14.2. The Bertz CT molecular complexity index is 1280. The van der Waals surface area contributed by atoms with Crippen molar-refractivity contribution in [2.45, 2.75) is 0 Å². The van der Waals surface area contributed by atoms with Crippen LogP contribution in [-0.2, 0) is 0 Å². The maximum atomic E-state index is 5.38. The second-order valence-corrected chi connectivity index (χ2v) is 8.27. The molecule has 5 nitrogen and oxygen atoms in total. The molecule has 0 radical (unpaired) electrons. The number of hydrogen-bond donors (Lipinski definition) is 1. The fourth-order valence-corrected chi connectivity index (χ4v) is 4.95. The topological polar surface area (TPSA) is 56.3 Å². The molecule has 0 aliphatic carbocycles. The van der Waals surface area contributed by atoms with E-state index in [2.05, 4.69) is 58.1 Å². The standard InChI is InChI=1S/C22H17N3O2S2/c1-26-18-10-16-20(11-19(18)27-2)29-22(23-16)25-21-24-17(12-28-21)15-9-5-7-13-6-3-4-8-14(13)15/h3-12H,1-2H3,(H,23,24,25). The van der Waals surface area contributed by atoms with E-state index in [1.807, 2.05) is 12.1 Å². The van der Waals surface area contributed by atoms with Crippen molar-refractivity contribution < 1.29 is 9.47 Å². The molecule has 1 N–H and O–H groups in total. The third-order valence-corrected chi connectivity index (χ3v) is 6.37. The minimum atomic E-state index is 0.671. The lowest BCUT2D eigenvalue weighted by molar-refractivity contribution is 0.356. The van der Waals surface area contributed by atoms with E-state index in [0.717, 1.165) is 31.7 Å². The number of benzene rings is 3. The minimum absolute atomic E-state index is 0.671. The van der Waals surface area contributed by atoms with Gasteiger partial charge < -0.3 is 14.8 Å². The van der Waals surface area contributed by atoms with Crippen LogP contribution in [0.3, 0.4) is 0 Å². The molecule has 0 unspecified atom stereocenters. The van der Waals surface area contributed by atoms with Crippen molar-refractivity contribution in [3.8, 4) is 22.8 Å². The Labute approximate surface area is 175 Å². The van der Waals surface area contributed by atoms with Gasteiger partial charge in [0.2, 0.25) is 0 Å². The third-order valence-electron chi connectivity index (χ3n) is 4.68. The molecule has 2 aromatic heterocycles. The first-order valence-corrected chi connectivity index (χ1v) is 10.7. The number of hydrogen-bond acceptors (Lipinski definition) is 7. The zero-order valence-electron chi connectivity index (χ0n) is 15.8. The maximum Gasteiger partial charge on any atom is 0.190 e. The van der Waals surface area contributed by atoms with Gasteiger partial charge in [-0.05, 0) is 10.8 Å². The predicted molar refractivity (Wildman–Crippen MR) is 121 cm³/mol. The summed E-state index contributed by atoms with van der Waals surface area (Å²) in [5.74, 6) is 1.37. The highest BCUT2D eigenvalue weighted by atomic mass is 32.1. The van der Waals surface area contributed by atoms with Gasteiger partial charge in [-0.15, -0.1) is 11.3 Å². The molecule has 0 atom stereocenters. The molecule has 0 saturated carbocycles. The van der Waals surface area contributed by atoms with E-state index in [-0.39, 0.29) is 0 Å². The molecule has 144 valence electrons. The average Bonchev–Trinajstić information content (AvgIpc) is 3.38. The molecule has 5 aromatic rings. The number of nitrogens with zero attached hydrogens (tertiary/aromatic N) is 2. The van der Waals surface area contributed by atoms with E-state index in [0.29, 0.717) is 11.5 Å². The number of aromatic nitrogens is 2. The monoisotopic (exact) mass is 419 g/mol. The van der Waals surface area contributed by atoms with E-state index in [9.17, 15) is 0 Å². The largest absolute Gasteiger partial charge is 0.493 e. The summed E-state index contributed by atoms with van der Waals surface area (Å²) in [5, 5.41) is 9.42. The molecule has 3 aromatic carbocycles. The van der Waals surface area contributed by atoms with Gasteiger partial charge in [-0.1, -0.05) is 53.8 Å². The molecule has 0 aliphatic rings. The number of thiazole rings is 2. The van der Waals surface area contributed by atoms with Crippen LogP contribution in [0, 0.1) is 0 Å². The summed E-state index contributed by atoms with van der Waals surface area (Å²) in [7, 11) is 3.26. The Hall–Kier alpha value is -3.16. The highest BCUT2D eigenvalue weighted by Gasteiger charge is 2.13. The fraction of sp³-hybridized carbons (Fsp3) is 0.0909. The number of ether oxygens (including phenoxy) is 2. The molecule has 0 saturated heterocycles. The summed E-state index contributed by atoms with van der Waals surface area (Å²) >= 11 is 3.13. The molecule has 0 fully saturated rings. The van der Waals surface area contributed by atoms with E-state index >= 15 is 0 Å². The lowest BCUT2D eigenvalue weighted by Gasteiger charge is -2.05. The predicted octanol–water partition coefficient (Wildman–Crippen LogP) is 6.33. The zero-order chi connectivity index (χ0) is 19.8. The molecule has 0 bridgehead atoms. The van der Waals surface area contributed by atoms with Crippen LogP contribution in [0.15, 0.2) is 60.0 Å². The van der Waals surface area contributed by atoms with Gasteiger partial charge in [0.1, 0.15) is 0 Å². The van der Waals surface area contributed by atoms with E-state index in [1.165, 1.54) is 10.8 Å². The van der Waals surface area contributed by atoms with Crippen LogP contribution in [0.4, 0.5) is 10.3 Å². The molecular weight excluding hydrogens is 402 g/mol. The van der Waals surface area contributed by atoms with Gasteiger partial charge >= 0.3 is 0 Å². The van der Waals surface area contributed by atoms with Crippen LogP contribution in [0.1, 0.15) is 0 Å². The minimum Gasteiger partial charge on any atom is -0.493 e. The van der Waals surface area contributed by atoms with E-state index in [1.54, 1.807) is 36.9 Å². The SMILES string of the molecule is COc1cc2nc(Nc3nc(-c4cccc5ccccc45)cs3)sc2cc1OC. The fourth-order valence-electron chi connectivity index (χ4n) is 3.30. The number of fused-ring (bicyclic) bond motifs is 2. The summed E-state index contributed by atoms with van der Waals surface area (Å²) in [6, 6.07) is 18.5. The molecule has 0 spiro atoms. The lowest BCUT2D eigenvalue weighted by Crippen LogP contribution is -1.90. The van der Waals surface area contributed by atoms with Crippen molar-refractivity contribution in [2.75, 3.05) is 19.5 Å². The second-order valence-electron chi connectivity index (χ2n) is 6.38. The normalized spacial score (nSPS) is 11.1. The van der Waals surface area contributed by atoms with Gasteiger partial charge in [-0.2, -0.15) is 0 Å². The van der Waals surface area contributed by atoms with Crippen molar-refractivity contribution in [3.63, 3.8) is 0 Å². The van der Waals surface area contributed by atoms with Gasteiger partial charge in [0.15, 0.2) is 21.8 Å². The van der Waals surface area contributed by atoms with Crippen molar-refractivity contribution in [2.24, 2.45) is 0 Å². The second kappa shape index (κ2) is 7.35. The number of rotatable bonds is 5. The Morgan fingerprint density at radius 1 is 0.862 bits per heavy atom. The summed E-state index contributed by atoms with van der Waals surface area (Å²) in [5.41, 5.74) is 2.95. The lowest BCUT2D eigenvalue weighted by atomic mass is 10.0. The Morgan fingerprint density at radius 3 is 2.52 bits per heavy atom. The average molecular weight is 420 g/mol. The van der Waals surface area contributed by atoms with Crippen LogP contribution >= 0.6 is 22.7 Å². The summed E-state index contributed by atoms with van der Waals surface area (Å²) < 4.78 is 11.8.